The first kappa shape index (κ1) is 14.6. The molecule has 18 heavy (non-hydrogen) atoms. The number of nitrogens with zero attached hydrogens (tertiary/aromatic N) is 1. The van der Waals surface area contributed by atoms with E-state index in [1.165, 1.54) is 24.3 Å². The lowest BCUT2D eigenvalue weighted by Crippen LogP contribution is -2.58. The monoisotopic (exact) mass is 272 g/mol. The first-order chi connectivity index (χ1) is 8.73. The van der Waals surface area contributed by atoms with Gasteiger partial charge in [0.05, 0.1) is 13.2 Å². The molecule has 0 radical (unpaired) electrons. The highest BCUT2D eigenvalue weighted by Crippen LogP contribution is 2.33. The van der Waals surface area contributed by atoms with Crippen LogP contribution in [-0.4, -0.2) is 61.3 Å². The first-order valence-corrected chi connectivity index (χ1v) is 8.50. The SMILES string of the molecule is CC(C)CCNCC1(N2CCOCC2)CCSC1. The Labute approximate surface area is 116 Å². The van der Waals surface area contributed by atoms with Gasteiger partial charge in [-0.05, 0) is 31.1 Å². The molecular weight excluding hydrogens is 244 g/mol. The predicted octanol–water partition coefficient (Wildman–Crippen LogP) is 1.83. The Balaban J connectivity index is 1.82. The summed E-state index contributed by atoms with van der Waals surface area (Å²) in [6.45, 7) is 11.0. The molecule has 0 spiro atoms. The molecule has 0 amide bonds. The van der Waals surface area contributed by atoms with Crippen LogP contribution in [0.2, 0.25) is 0 Å². The summed E-state index contributed by atoms with van der Waals surface area (Å²) in [5.74, 6) is 3.42. The van der Waals surface area contributed by atoms with Gasteiger partial charge in [-0.3, -0.25) is 4.90 Å². The minimum atomic E-state index is 0.408. The molecule has 0 saturated carbocycles. The molecule has 4 heteroatoms. The summed E-state index contributed by atoms with van der Waals surface area (Å²) in [5, 5.41) is 3.70. The Bertz CT molecular complexity index is 236. The van der Waals surface area contributed by atoms with E-state index in [0.717, 1.165) is 45.3 Å². The normalized spacial score (nSPS) is 30.2. The maximum absolute atomic E-state index is 5.49. The van der Waals surface area contributed by atoms with E-state index >= 15 is 0 Å². The van der Waals surface area contributed by atoms with Crippen LogP contribution >= 0.6 is 11.8 Å². The minimum Gasteiger partial charge on any atom is -0.379 e. The van der Waals surface area contributed by atoms with Gasteiger partial charge in [-0.1, -0.05) is 13.8 Å². The Kier molecular flexibility index (Phi) is 5.80. The summed E-state index contributed by atoms with van der Waals surface area (Å²) in [7, 11) is 0. The second kappa shape index (κ2) is 7.13. The Morgan fingerprint density at radius 3 is 2.72 bits per heavy atom. The van der Waals surface area contributed by atoms with E-state index in [-0.39, 0.29) is 0 Å². The maximum atomic E-state index is 5.49. The van der Waals surface area contributed by atoms with Crippen molar-refractivity contribution in [1.29, 1.82) is 0 Å². The Morgan fingerprint density at radius 1 is 1.33 bits per heavy atom. The smallest absolute Gasteiger partial charge is 0.0594 e. The number of hydrogen-bond acceptors (Lipinski definition) is 4. The molecule has 0 aliphatic carbocycles. The van der Waals surface area contributed by atoms with Crippen LogP contribution in [0.1, 0.15) is 26.7 Å². The van der Waals surface area contributed by atoms with Crippen molar-refractivity contribution in [2.75, 3.05) is 50.9 Å². The summed E-state index contributed by atoms with van der Waals surface area (Å²) < 4.78 is 5.49. The molecule has 1 N–H and O–H groups in total. The molecule has 2 rings (SSSR count). The lowest BCUT2D eigenvalue weighted by molar-refractivity contribution is -0.0133. The van der Waals surface area contributed by atoms with Crippen LogP contribution in [0.4, 0.5) is 0 Å². The summed E-state index contributed by atoms with van der Waals surface area (Å²) in [4.78, 5) is 2.68. The van der Waals surface area contributed by atoms with Gasteiger partial charge in [0.25, 0.3) is 0 Å². The third-order valence-corrected chi connectivity index (χ3v) is 5.35. The topological polar surface area (TPSA) is 24.5 Å². The highest BCUT2D eigenvalue weighted by molar-refractivity contribution is 7.99. The first-order valence-electron chi connectivity index (χ1n) is 7.34. The van der Waals surface area contributed by atoms with E-state index in [1.54, 1.807) is 0 Å². The van der Waals surface area contributed by atoms with E-state index in [0.29, 0.717) is 5.54 Å². The molecule has 0 aromatic heterocycles. The molecule has 1 atom stereocenters. The number of rotatable bonds is 6. The minimum absolute atomic E-state index is 0.408. The fourth-order valence-corrected chi connectivity index (χ4v) is 4.32. The molecule has 2 fully saturated rings. The van der Waals surface area contributed by atoms with Gasteiger partial charge in [0.1, 0.15) is 0 Å². The van der Waals surface area contributed by atoms with Gasteiger partial charge in [0, 0.05) is 30.9 Å². The highest BCUT2D eigenvalue weighted by atomic mass is 32.2. The van der Waals surface area contributed by atoms with Crippen molar-refractivity contribution < 1.29 is 4.74 Å². The molecule has 106 valence electrons. The van der Waals surface area contributed by atoms with Crippen molar-refractivity contribution in [1.82, 2.24) is 10.2 Å². The standard InChI is InChI=1S/C14H28N2OS/c1-13(2)3-5-15-11-14(4-10-18-12-14)16-6-8-17-9-7-16/h13,15H,3-12H2,1-2H3. The number of ether oxygens (including phenoxy) is 1. The summed E-state index contributed by atoms with van der Waals surface area (Å²) >= 11 is 2.12. The van der Waals surface area contributed by atoms with Gasteiger partial charge in [-0.2, -0.15) is 11.8 Å². The van der Waals surface area contributed by atoms with E-state index in [2.05, 4.69) is 35.8 Å². The van der Waals surface area contributed by atoms with Crippen LogP contribution < -0.4 is 5.32 Å². The molecule has 0 aromatic rings. The average molecular weight is 272 g/mol. The zero-order valence-corrected chi connectivity index (χ0v) is 12.7. The highest BCUT2D eigenvalue weighted by Gasteiger charge is 2.40. The lowest BCUT2D eigenvalue weighted by atomic mass is 9.95. The molecule has 2 heterocycles. The van der Waals surface area contributed by atoms with Gasteiger partial charge in [-0.15, -0.1) is 0 Å². The van der Waals surface area contributed by atoms with Crippen molar-refractivity contribution in [2.24, 2.45) is 5.92 Å². The third kappa shape index (κ3) is 3.86. The fourth-order valence-electron chi connectivity index (χ4n) is 2.85. The molecule has 2 saturated heterocycles. The Morgan fingerprint density at radius 2 is 2.11 bits per heavy atom. The van der Waals surface area contributed by atoms with E-state index in [1.807, 2.05) is 0 Å². The fraction of sp³-hybridized carbons (Fsp3) is 1.00. The second-order valence-corrected chi connectivity index (χ2v) is 7.09. The van der Waals surface area contributed by atoms with Crippen molar-refractivity contribution >= 4 is 11.8 Å². The van der Waals surface area contributed by atoms with Crippen LogP contribution in [0.25, 0.3) is 0 Å². The van der Waals surface area contributed by atoms with E-state index < -0.39 is 0 Å². The van der Waals surface area contributed by atoms with E-state index in [4.69, 9.17) is 4.74 Å². The molecule has 1 unspecified atom stereocenters. The van der Waals surface area contributed by atoms with Gasteiger partial charge < -0.3 is 10.1 Å². The van der Waals surface area contributed by atoms with Crippen LogP contribution in [0.15, 0.2) is 0 Å². The Hall–Kier alpha value is 0.230. The number of hydrogen-bond donors (Lipinski definition) is 1. The van der Waals surface area contributed by atoms with E-state index in [9.17, 15) is 0 Å². The zero-order chi connectivity index (χ0) is 12.8. The summed E-state index contributed by atoms with van der Waals surface area (Å²) in [5.41, 5.74) is 0.408. The van der Waals surface area contributed by atoms with Crippen LogP contribution in [0.5, 0.6) is 0 Å². The van der Waals surface area contributed by atoms with Gasteiger partial charge in [0.2, 0.25) is 0 Å². The summed E-state index contributed by atoms with van der Waals surface area (Å²) in [6.07, 6.45) is 2.62. The van der Waals surface area contributed by atoms with Crippen LogP contribution in [0.3, 0.4) is 0 Å². The quantitative estimate of drug-likeness (QED) is 0.746. The number of thioether (sulfide) groups is 1. The van der Waals surface area contributed by atoms with Crippen molar-refractivity contribution in [3.05, 3.63) is 0 Å². The lowest BCUT2D eigenvalue weighted by Gasteiger charge is -2.43. The van der Waals surface area contributed by atoms with Crippen molar-refractivity contribution in [3.8, 4) is 0 Å². The average Bonchev–Trinajstić information content (AvgIpc) is 2.86. The van der Waals surface area contributed by atoms with Crippen LogP contribution in [0, 0.1) is 5.92 Å². The van der Waals surface area contributed by atoms with Crippen LogP contribution in [-0.2, 0) is 4.74 Å². The second-order valence-electron chi connectivity index (χ2n) is 5.99. The van der Waals surface area contributed by atoms with Crippen molar-refractivity contribution in [3.63, 3.8) is 0 Å². The molecular formula is C14H28N2OS. The van der Waals surface area contributed by atoms with Crippen molar-refractivity contribution in [2.45, 2.75) is 32.2 Å². The predicted molar refractivity (Wildman–Crippen MR) is 79.4 cm³/mol. The van der Waals surface area contributed by atoms with Gasteiger partial charge >= 0.3 is 0 Å². The number of nitrogens with one attached hydrogen (secondary N) is 1. The molecule has 3 nitrogen and oxygen atoms in total. The summed E-state index contributed by atoms with van der Waals surface area (Å²) in [6, 6.07) is 0. The molecule has 2 aliphatic heterocycles. The number of morpholine rings is 1. The molecule has 0 bridgehead atoms. The third-order valence-electron chi connectivity index (χ3n) is 4.12. The van der Waals surface area contributed by atoms with Gasteiger partial charge in [0.15, 0.2) is 0 Å². The van der Waals surface area contributed by atoms with Gasteiger partial charge in [-0.25, -0.2) is 0 Å². The molecule has 2 aliphatic rings. The molecule has 0 aromatic carbocycles. The zero-order valence-electron chi connectivity index (χ0n) is 11.9. The maximum Gasteiger partial charge on any atom is 0.0594 e. The largest absolute Gasteiger partial charge is 0.379 e.